The third-order valence-electron chi connectivity index (χ3n) is 4.95. The van der Waals surface area contributed by atoms with E-state index >= 15 is 0 Å². The van der Waals surface area contributed by atoms with Crippen molar-refractivity contribution in [2.24, 2.45) is 5.11 Å². The summed E-state index contributed by atoms with van der Waals surface area (Å²) in [6.07, 6.45) is -0.547. The number of unbranched alkanes of at least 4 members (excludes halogenated alkanes) is 5. The van der Waals surface area contributed by atoms with Gasteiger partial charge in [0, 0.05) is 45.8 Å². The molecule has 0 bridgehead atoms. The molecule has 13 nitrogen and oxygen atoms in total. The van der Waals surface area contributed by atoms with Crippen molar-refractivity contribution in [2.75, 3.05) is 19.8 Å². The zero-order chi connectivity index (χ0) is 26.2. The number of ether oxygens (including phenoxy) is 6. The molecular formula is C22H35N3O10. The predicted molar refractivity (Wildman–Crippen MR) is 120 cm³/mol. The zero-order valence-electron chi connectivity index (χ0n) is 20.7. The average molecular weight is 502 g/mol. The monoisotopic (exact) mass is 501 g/mol. The number of esters is 4. The summed E-state index contributed by atoms with van der Waals surface area (Å²) in [7, 11) is 0. The standard InChI is InChI=1S/C22H35N3O10/c1-14(26)31-13-18-19(32-15(2)27)20(33-16(3)28)21(34-17(4)29)22(35-18)30-12-10-8-6-5-7-9-11-24-25-23/h18-22H,5-13H2,1-4H3/t18-,19-,20+,21-,22+/m1/s1. The molecule has 5 atom stereocenters. The lowest BCUT2D eigenvalue weighted by molar-refractivity contribution is -0.308. The van der Waals surface area contributed by atoms with Crippen molar-refractivity contribution >= 4 is 23.9 Å². The molecule has 1 fully saturated rings. The van der Waals surface area contributed by atoms with E-state index in [4.69, 9.17) is 34.0 Å². The van der Waals surface area contributed by atoms with Crippen LogP contribution in [0.1, 0.15) is 66.2 Å². The molecule has 1 heterocycles. The number of rotatable bonds is 15. The van der Waals surface area contributed by atoms with Gasteiger partial charge in [-0.2, -0.15) is 0 Å². The van der Waals surface area contributed by atoms with Gasteiger partial charge < -0.3 is 28.4 Å². The van der Waals surface area contributed by atoms with Crippen LogP contribution in [0.2, 0.25) is 0 Å². The number of azide groups is 1. The molecule has 198 valence electrons. The van der Waals surface area contributed by atoms with Crippen molar-refractivity contribution in [1.82, 2.24) is 0 Å². The molecule has 0 saturated carbocycles. The molecule has 0 spiro atoms. The normalized spacial score (nSPS) is 23.5. The number of carbonyl (C=O) groups excluding carboxylic acids is 4. The summed E-state index contributed by atoms with van der Waals surface area (Å²) in [5.74, 6) is -2.65. The molecule has 0 aromatic rings. The molecule has 1 aliphatic rings. The van der Waals surface area contributed by atoms with Gasteiger partial charge in [0.1, 0.15) is 12.7 Å². The van der Waals surface area contributed by atoms with Gasteiger partial charge in [0.2, 0.25) is 0 Å². The van der Waals surface area contributed by atoms with Crippen LogP contribution in [0.15, 0.2) is 5.11 Å². The van der Waals surface area contributed by atoms with E-state index in [0.29, 0.717) is 13.0 Å². The minimum Gasteiger partial charge on any atom is -0.463 e. The van der Waals surface area contributed by atoms with Crippen molar-refractivity contribution < 1.29 is 47.6 Å². The highest BCUT2D eigenvalue weighted by molar-refractivity contribution is 5.68. The second kappa shape index (κ2) is 16.7. The van der Waals surface area contributed by atoms with Crippen molar-refractivity contribution in [1.29, 1.82) is 0 Å². The highest BCUT2D eigenvalue weighted by Gasteiger charge is 2.52. The smallest absolute Gasteiger partial charge is 0.303 e. The maximum atomic E-state index is 11.8. The Morgan fingerprint density at radius 1 is 0.771 bits per heavy atom. The molecule has 1 saturated heterocycles. The van der Waals surface area contributed by atoms with Crippen molar-refractivity contribution in [3.05, 3.63) is 10.4 Å². The van der Waals surface area contributed by atoms with Gasteiger partial charge in [0.05, 0.1) is 0 Å². The van der Waals surface area contributed by atoms with Gasteiger partial charge in [0.25, 0.3) is 0 Å². The largest absolute Gasteiger partial charge is 0.463 e. The maximum Gasteiger partial charge on any atom is 0.303 e. The first-order valence-corrected chi connectivity index (χ1v) is 11.6. The van der Waals surface area contributed by atoms with Gasteiger partial charge in [-0.15, -0.1) is 0 Å². The Hall–Kier alpha value is -2.89. The SMILES string of the molecule is CC(=O)OC[C@H]1O[C@H](OCCCCCCCCN=[N+]=[N-])[C@H](OC(C)=O)[C@@H](OC(C)=O)[C@@H]1OC(C)=O. The lowest BCUT2D eigenvalue weighted by atomic mass is 9.98. The molecule has 0 N–H and O–H groups in total. The van der Waals surface area contributed by atoms with Gasteiger partial charge >= 0.3 is 23.9 Å². The molecule has 0 aromatic carbocycles. The van der Waals surface area contributed by atoms with Crippen LogP contribution >= 0.6 is 0 Å². The van der Waals surface area contributed by atoms with Gasteiger partial charge in [-0.05, 0) is 18.4 Å². The molecule has 1 aliphatic heterocycles. The molecule has 0 radical (unpaired) electrons. The maximum absolute atomic E-state index is 11.8. The average Bonchev–Trinajstić information content (AvgIpc) is 2.76. The summed E-state index contributed by atoms with van der Waals surface area (Å²) in [5, 5.41) is 3.50. The van der Waals surface area contributed by atoms with Crippen LogP contribution in [0.4, 0.5) is 0 Å². The van der Waals surface area contributed by atoms with Gasteiger partial charge in [-0.25, -0.2) is 0 Å². The Morgan fingerprint density at radius 2 is 1.31 bits per heavy atom. The lowest BCUT2D eigenvalue weighted by Gasteiger charge is -2.44. The van der Waals surface area contributed by atoms with E-state index in [1.54, 1.807) is 0 Å². The topological polar surface area (TPSA) is 172 Å². The second-order valence-electron chi connectivity index (χ2n) is 8.01. The molecule has 1 rings (SSSR count). The second-order valence-corrected chi connectivity index (χ2v) is 8.01. The molecule has 0 aliphatic carbocycles. The zero-order valence-corrected chi connectivity index (χ0v) is 20.7. The number of hydrogen-bond acceptors (Lipinski definition) is 11. The molecule has 0 amide bonds. The minimum atomic E-state index is -1.24. The highest BCUT2D eigenvalue weighted by atomic mass is 16.7. The fraction of sp³-hybridized carbons (Fsp3) is 0.818. The Balaban J connectivity index is 2.85. The van der Waals surface area contributed by atoms with Crippen LogP contribution in [0.3, 0.4) is 0 Å². The fourth-order valence-electron chi connectivity index (χ4n) is 3.56. The van der Waals surface area contributed by atoms with E-state index in [-0.39, 0.29) is 13.2 Å². The Morgan fingerprint density at radius 3 is 1.89 bits per heavy atom. The third-order valence-corrected chi connectivity index (χ3v) is 4.95. The van der Waals surface area contributed by atoms with E-state index in [1.807, 2.05) is 0 Å². The van der Waals surface area contributed by atoms with Crippen LogP contribution in [-0.2, 0) is 47.6 Å². The molecule has 13 heteroatoms. The van der Waals surface area contributed by atoms with E-state index in [1.165, 1.54) is 13.8 Å². The Kier molecular flexibility index (Phi) is 14.4. The minimum absolute atomic E-state index is 0.256. The summed E-state index contributed by atoms with van der Waals surface area (Å²) in [5.41, 5.74) is 8.26. The van der Waals surface area contributed by atoms with Gasteiger partial charge in [-0.1, -0.05) is 30.8 Å². The summed E-state index contributed by atoms with van der Waals surface area (Å²) < 4.78 is 32.8. The molecule has 0 aromatic heterocycles. The van der Waals surface area contributed by atoms with Crippen molar-refractivity contribution in [3.63, 3.8) is 0 Å². The summed E-state index contributed by atoms with van der Waals surface area (Å²) in [4.78, 5) is 49.4. The summed E-state index contributed by atoms with van der Waals surface area (Å²) in [6.45, 7) is 5.15. The quantitative estimate of drug-likeness (QED) is 0.0810. The van der Waals surface area contributed by atoms with E-state index in [0.717, 1.165) is 46.0 Å². The lowest BCUT2D eigenvalue weighted by Crippen LogP contribution is -2.63. The number of carbonyl (C=O) groups is 4. The van der Waals surface area contributed by atoms with Gasteiger partial charge in [0.15, 0.2) is 24.6 Å². The summed E-state index contributed by atoms with van der Waals surface area (Å²) in [6, 6.07) is 0. The number of hydrogen-bond donors (Lipinski definition) is 0. The summed E-state index contributed by atoms with van der Waals surface area (Å²) >= 11 is 0. The van der Waals surface area contributed by atoms with E-state index < -0.39 is 54.6 Å². The van der Waals surface area contributed by atoms with Crippen LogP contribution in [0.25, 0.3) is 10.4 Å². The molecule has 0 unspecified atom stereocenters. The highest BCUT2D eigenvalue weighted by Crippen LogP contribution is 2.30. The Bertz CT molecular complexity index is 756. The fourth-order valence-corrected chi connectivity index (χ4v) is 3.56. The van der Waals surface area contributed by atoms with Crippen LogP contribution in [0, 0.1) is 0 Å². The van der Waals surface area contributed by atoms with Crippen LogP contribution in [0.5, 0.6) is 0 Å². The molecular weight excluding hydrogens is 466 g/mol. The third kappa shape index (κ3) is 12.4. The first-order chi connectivity index (χ1) is 16.6. The van der Waals surface area contributed by atoms with Crippen molar-refractivity contribution in [3.8, 4) is 0 Å². The Labute approximate surface area is 204 Å². The van der Waals surface area contributed by atoms with E-state index in [9.17, 15) is 19.2 Å². The van der Waals surface area contributed by atoms with Gasteiger partial charge in [-0.3, -0.25) is 19.2 Å². The van der Waals surface area contributed by atoms with Crippen LogP contribution < -0.4 is 0 Å². The van der Waals surface area contributed by atoms with Crippen molar-refractivity contribution in [2.45, 2.75) is 96.9 Å². The number of nitrogens with zero attached hydrogens (tertiary/aromatic N) is 3. The molecule has 35 heavy (non-hydrogen) atoms. The first-order valence-electron chi connectivity index (χ1n) is 11.6. The first kappa shape index (κ1) is 30.1. The van der Waals surface area contributed by atoms with E-state index in [2.05, 4.69) is 10.0 Å². The van der Waals surface area contributed by atoms with Crippen LogP contribution in [-0.4, -0.2) is 74.3 Å². The predicted octanol–water partition coefficient (Wildman–Crippen LogP) is 2.74.